The minimum atomic E-state index is -5.95. The average molecular weight is 560 g/mol. The summed E-state index contributed by atoms with van der Waals surface area (Å²) < 4.78 is 83.6. The van der Waals surface area contributed by atoms with Crippen molar-refractivity contribution in [2.75, 3.05) is 0 Å². The maximum absolute atomic E-state index is 12.9. The van der Waals surface area contributed by atoms with Crippen LogP contribution in [0.5, 0.6) is 5.75 Å². The second-order valence-electron chi connectivity index (χ2n) is 8.35. The highest BCUT2D eigenvalue weighted by Crippen LogP contribution is 2.41. The summed E-state index contributed by atoms with van der Waals surface area (Å²) in [7, 11) is -5.33. The number of alkyl halides is 3. The van der Waals surface area contributed by atoms with Crippen molar-refractivity contribution in [1.82, 2.24) is 15.0 Å². The molecule has 0 aliphatic rings. The van der Waals surface area contributed by atoms with E-state index in [0.29, 0.717) is 25.9 Å². The fourth-order valence-electron chi connectivity index (χ4n) is 3.34. The van der Waals surface area contributed by atoms with E-state index in [1.54, 1.807) is 0 Å². The fourth-order valence-corrected chi connectivity index (χ4v) is 5.08. The molecule has 0 saturated heterocycles. The van der Waals surface area contributed by atoms with Crippen LogP contribution in [0.15, 0.2) is 35.3 Å². The molecule has 0 aliphatic heterocycles. The van der Waals surface area contributed by atoms with E-state index in [2.05, 4.69) is 33.0 Å². The quantitative estimate of drug-likeness (QED) is 0.136. The van der Waals surface area contributed by atoms with E-state index >= 15 is 0 Å². The van der Waals surface area contributed by atoms with Gasteiger partial charge in [-0.05, 0) is 44.0 Å². The first-order chi connectivity index (χ1) is 16.9. The molecule has 3 heterocycles. The topological polar surface area (TPSA) is 114 Å². The second-order valence-corrected chi connectivity index (χ2v) is 11.2. The van der Waals surface area contributed by atoms with Gasteiger partial charge in [0.05, 0.1) is 11.6 Å². The number of aryl methyl sites for hydroxylation is 1. The number of hydrogen-bond acceptors (Lipinski definition) is 9. The monoisotopic (exact) mass is 559 g/mol. The lowest BCUT2D eigenvalue weighted by atomic mass is 9.86. The summed E-state index contributed by atoms with van der Waals surface area (Å²) in [4.78, 5) is 12.2. The van der Waals surface area contributed by atoms with Crippen molar-refractivity contribution in [3.63, 3.8) is 0 Å². The zero-order valence-corrected chi connectivity index (χ0v) is 22.7. The van der Waals surface area contributed by atoms with Gasteiger partial charge < -0.3 is 17.5 Å². The predicted octanol–water partition coefficient (Wildman–Crippen LogP) is 4.56. The first-order valence-electron chi connectivity index (χ1n) is 10.7. The molecule has 0 saturated carbocycles. The molecular weight excluding hydrogens is 535 g/mol. The Morgan fingerprint density at radius 1 is 1.08 bits per heavy atom. The van der Waals surface area contributed by atoms with Gasteiger partial charge in [0.15, 0.2) is 17.2 Å². The van der Waals surface area contributed by atoms with Gasteiger partial charge in [0.1, 0.15) is 6.29 Å². The van der Waals surface area contributed by atoms with Crippen LogP contribution in [0.3, 0.4) is 0 Å². The predicted molar refractivity (Wildman–Crippen MR) is 127 cm³/mol. The van der Waals surface area contributed by atoms with Crippen LogP contribution in [-0.4, -0.2) is 54.7 Å². The third-order valence-electron chi connectivity index (χ3n) is 5.21. The average Bonchev–Trinajstić information content (AvgIpc) is 3.16. The van der Waals surface area contributed by atoms with E-state index in [1.807, 2.05) is 13.1 Å². The van der Waals surface area contributed by atoms with Gasteiger partial charge in [-0.1, -0.05) is 13.8 Å². The molecule has 0 aromatic carbocycles. The highest BCUT2D eigenvalue weighted by Gasteiger charge is 2.49. The fraction of sp³-hybridized carbons (Fsp3) is 0.476. The van der Waals surface area contributed by atoms with E-state index in [4.69, 9.17) is 13.3 Å². The lowest BCUT2D eigenvalue weighted by Gasteiger charge is -2.34. The Balaban J connectivity index is 1.79. The summed E-state index contributed by atoms with van der Waals surface area (Å²) in [5.41, 5.74) is -5.03. The van der Waals surface area contributed by atoms with E-state index in [9.17, 15) is 21.6 Å². The molecule has 0 fully saturated rings. The van der Waals surface area contributed by atoms with Gasteiger partial charge in [-0.2, -0.15) is 21.6 Å². The molecule has 3 aromatic heterocycles. The summed E-state index contributed by atoms with van der Waals surface area (Å²) in [6.45, 7) is 8.03. The molecule has 9 nitrogen and oxygen atoms in total. The Labute approximate surface area is 211 Å². The van der Waals surface area contributed by atoms with Crippen molar-refractivity contribution in [2.24, 2.45) is 5.41 Å². The molecule has 194 valence electrons. The molecule has 36 heavy (non-hydrogen) atoms. The molecule has 15 heteroatoms. The lowest BCUT2D eigenvalue weighted by Crippen LogP contribution is -2.36. The Hall–Kier alpha value is -2.34. The van der Waals surface area contributed by atoms with Gasteiger partial charge >= 0.3 is 15.6 Å². The zero-order valence-electron chi connectivity index (χ0n) is 19.9. The molecule has 0 N–H and O–H groups in total. The third-order valence-corrected chi connectivity index (χ3v) is 7.06. The van der Waals surface area contributed by atoms with E-state index in [1.165, 1.54) is 30.9 Å². The minimum Gasteiger partial charge on any atom is -0.447 e. The summed E-state index contributed by atoms with van der Waals surface area (Å²) in [5.74, 6) is -1.13. The number of aromatic nitrogens is 3. The van der Waals surface area contributed by atoms with Crippen LogP contribution >= 0.6 is 0 Å². The SMILES string of the molecule is C[Si]OC(O[Si]C)C(C)(C)CCCc1cnc(-c2oc3cnccc3c2OS(=O)(=O)C(F)(F)F)nc1. The van der Waals surface area contributed by atoms with Crippen molar-refractivity contribution < 1.29 is 39.0 Å². The molecular formula is C21H24F3N3O6SSi2. The van der Waals surface area contributed by atoms with Gasteiger partial charge in [-0.3, -0.25) is 4.98 Å². The molecule has 0 bridgehead atoms. The van der Waals surface area contributed by atoms with Crippen molar-refractivity contribution in [3.05, 3.63) is 36.4 Å². The zero-order chi connectivity index (χ0) is 26.6. The Kier molecular flexibility index (Phi) is 8.92. The van der Waals surface area contributed by atoms with Crippen LogP contribution in [-0.2, 0) is 25.4 Å². The van der Waals surface area contributed by atoms with Crippen LogP contribution in [0, 0.1) is 5.41 Å². The van der Waals surface area contributed by atoms with Crippen molar-refractivity contribution in [2.45, 2.75) is 58.0 Å². The van der Waals surface area contributed by atoms with Gasteiger partial charge in [0.25, 0.3) is 0 Å². The standard InChI is InChI=1S/C21H24F3N3O6SSi2/c1-20(2,19(32-35-3)33-36-4)8-5-6-13-10-26-18(27-11-13)17-16(31-34(28,29)21(22,23)24)14-7-9-25-12-15(14)30-17/h7,9-12,19H,5-6,8H2,1-4H3. The van der Waals surface area contributed by atoms with Gasteiger partial charge in [0, 0.05) is 24.0 Å². The van der Waals surface area contributed by atoms with Gasteiger partial charge in [-0.15, -0.1) is 0 Å². The molecule has 0 spiro atoms. The van der Waals surface area contributed by atoms with Crippen LogP contribution in [0.25, 0.3) is 22.6 Å². The first-order valence-corrected chi connectivity index (χ1v) is 15.0. The smallest absolute Gasteiger partial charge is 0.447 e. The van der Waals surface area contributed by atoms with Gasteiger partial charge in [-0.25, -0.2) is 9.97 Å². The number of nitrogens with zero attached hydrogens (tertiary/aromatic N) is 3. The number of hydrogen-bond donors (Lipinski definition) is 0. The largest absolute Gasteiger partial charge is 0.534 e. The number of halogens is 3. The van der Waals surface area contributed by atoms with E-state index in [-0.39, 0.29) is 34.3 Å². The van der Waals surface area contributed by atoms with Crippen molar-refractivity contribution in [1.29, 1.82) is 0 Å². The van der Waals surface area contributed by atoms with Crippen LogP contribution in [0.1, 0.15) is 32.3 Å². The molecule has 0 amide bonds. The molecule has 3 rings (SSSR count). The highest BCUT2D eigenvalue weighted by molar-refractivity contribution is 7.88. The summed E-state index contributed by atoms with van der Waals surface area (Å²) in [6.07, 6.45) is 7.42. The van der Waals surface area contributed by atoms with Crippen molar-refractivity contribution >= 4 is 40.6 Å². The third kappa shape index (κ3) is 6.50. The van der Waals surface area contributed by atoms with Crippen molar-refractivity contribution in [3.8, 4) is 17.3 Å². The summed E-state index contributed by atoms with van der Waals surface area (Å²) in [6, 6.07) is 1.28. The Morgan fingerprint density at radius 3 is 2.31 bits per heavy atom. The maximum Gasteiger partial charge on any atom is 0.534 e. The van der Waals surface area contributed by atoms with E-state index in [0.717, 1.165) is 18.4 Å². The number of fused-ring (bicyclic) bond motifs is 1. The normalized spacial score (nSPS) is 13.0. The highest BCUT2D eigenvalue weighted by atomic mass is 32.2. The molecule has 4 radical (unpaired) electrons. The molecule has 0 atom stereocenters. The first kappa shape index (κ1) is 28.2. The maximum atomic E-state index is 12.9. The van der Waals surface area contributed by atoms with Crippen LogP contribution in [0.4, 0.5) is 13.2 Å². The number of rotatable bonds is 12. The van der Waals surface area contributed by atoms with E-state index < -0.39 is 21.4 Å². The van der Waals surface area contributed by atoms with Crippen LogP contribution in [0.2, 0.25) is 13.1 Å². The molecule has 3 aromatic rings. The minimum absolute atomic E-state index is 0.0119. The van der Waals surface area contributed by atoms with Gasteiger partial charge in [0.2, 0.25) is 25.3 Å². The molecule has 0 aliphatic carbocycles. The lowest BCUT2D eigenvalue weighted by molar-refractivity contribution is -0.0825. The van der Waals surface area contributed by atoms with Crippen LogP contribution < -0.4 is 4.18 Å². The number of furan rings is 1. The molecule has 0 unspecified atom stereocenters. The number of pyridine rings is 1. The Morgan fingerprint density at radius 2 is 1.72 bits per heavy atom. The Bertz CT molecular complexity index is 1260. The second kappa shape index (κ2) is 11.4. The summed E-state index contributed by atoms with van der Waals surface area (Å²) in [5, 5.41) is -0.0119. The summed E-state index contributed by atoms with van der Waals surface area (Å²) >= 11 is 0.